The van der Waals surface area contributed by atoms with Crippen LogP contribution in [0.4, 0.5) is 0 Å². The van der Waals surface area contributed by atoms with Crippen LogP contribution in [-0.4, -0.2) is 37.8 Å². The number of sulfonamides is 1. The van der Waals surface area contributed by atoms with E-state index in [1.165, 1.54) is 12.1 Å². The van der Waals surface area contributed by atoms with Crippen molar-refractivity contribution < 1.29 is 22.7 Å². The predicted octanol–water partition coefficient (Wildman–Crippen LogP) is 1.95. The lowest BCUT2D eigenvalue weighted by molar-refractivity contribution is -0.143. The first-order chi connectivity index (χ1) is 10.5. The standard InChI is InChI=1S/C15H19NO5S/c1-2-21-14(17)10-4-3-7-11-16-15(18)12-8-5-6-9-13(12)22(16,19)20/h5-6,8-9H,2-4,7,10-11H2,1H3. The number of rotatable bonds is 7. The summed E-state index contributed by atoms with van der Waals surface area (Å²) in [4.78, 5) is 23.4. The van der Waals surface area contributed by atoms with E-state index in [9.17, 15) is 18.0 Å². The predicted molar refractivity (Wildman–Crippen MR) is 79.8 cm³/mol. The smallest absolute Gasteiger partial charge is 0.305 e. The summed E-state index contributed by atoms with van der Waals surface area (Å²) in [5.41, 5.74) is 0.231. The Kier molecular flexibility index (Phi) is 5.18. The van der Waals surface area contributed by atoms with Gasteiger partial charge in [0.1, 0.15) is 4.90 Å². The highest BCUT2D eigenvalue weighted by Gasteiger charge is 2.40. The molecule has 2 rings (SSSR count). The van der Waals surface area contributed by atoms with Gasteiger partial charge < -0.3 is 4.74 Å². The largest absolute Gasteiger partial charge is 0.466 e. The van der Waals surface area contributed by atoms with E-state index in [0.717, 1.165) is 4.31 Å². The van der Waals surface area contributed by atoms with Gasteiger partial charge in [-0.3, -0.25) is 9.59 Å². The Balaban J connectivity index is 1.87. The summed E-state index contributed by atoms with van der Waals surface area (Å²) in [7, 11) is -3.72. The Morgan fingerprint density at radius 2 is 1.91 bits per heavy atom. The third kappa shape index (κ3) is 3.30. The van der Waals surface area contributed by atoms with Crippen molar-refractivity contribution in [3.8, 4) is 0 Å². The zero-order valence-corrected chi connectivity index (χ0v) is 13.3. The summed E-state index contributed by atoms with van der Waals surface area (Å²) >= 11 is 0. The molecule has 0 N–H and O–H groups in total. The van der Waals surface area contributed by atoms with Crippen molar-refractivity contribution in [2.24, 2.45) is 0 Å². The lowest BCUT2D eigenvalue weighted by Crippen LogP contribution is -2.31. The fourth-order valence-electron chi connectivity index (χ4n) is 2.39. The number of carbonyl (C=O) groups excluding carboxylic acids is 2. The van der Waals surface area contributed by atoms with Gasteiger partial charge in [-0.25, -0.2) is 12.7 Å². The first-order valence-electron chi connectivity index (χ1n) is 7.30. The average Bonchev–Trinajstić information content (AvgIpc) is 2.68. The van der Waals surface area contributed by atoms with Crippen molar-refractivity contribution in [2.75, 3.05) is 13.2 Å². The van der Waals surface area contributed by atoms with Gasteiger partial charge >= 0.3 is 5.97 Å². The zero-order valence-electron chi connectivity index (χ0n) is 12.4. The maximum atomic E-state index is 12.3. The Bertz CT molecular complexity index is 668. The van der Waals surface area contributed by atoms with E-state index in [2.05, 4.69) is 0 Å². The van der Waals surface area contributed by atoms with Crippen LogP contribution < -0.4 is 0 Å². The number of esters is 1. The Morgan fingerprint density at radius 3 is 2.59 bits per heavy atom. The monoisotopic (exact) mass is 325 g/mol. The van der Waals surface area contributed by atoms with Crippen molar-refractivity contribution in [1.82, 2.24) is 4.31 Å². The second-order valence-electron chi connectivity index (χ2n) is 4.99. The maximum absolute atomic E-state index is 12.3. The zero-order chi connectivity index (χ0) is 16.2. The van der Waals surface area contributed by atoms with E-state index in [0.29, 0.717) is 32.3 Å². The van der Waals surface area contributed by atoms with E-state index in [1.54, 1.807) is 19.1 Å². The number of fused-ring (bicyclic) bond motifs is 1. The van der Waals surface area contributed by atoms with Crippen LogP contribution in [-0.2, 0) is 19.6 Å². The quantitative estimate of drug-likeness (QED) is 0.565. The summed E-state index contributed by atoms with van der Waals surface area (Å²) in [5.74, 6) is -0.722. The molecule has 0 aromatic heterocycles. The average molecular weight is 325 g/mol. The van der Waals surface area contributed by atoms with Crippen LogP contribution in [0.2, 0.25) is 0 Å². The van der Waals surface area contributed by atoms with Gasteiger partial charge in [-0.1, -0.05) is 18.6 Å². The maximum Gasteiger partial charge on any atom is 0.305 e. The molecule has 6 nitrogen and oxygen atoms in total. The third-order valence-electron chi connectivity index (χ3n) is 3.46. The number of hydrogen-bond donors (Lipinski definition) is 0. The molecule has 0 fully saturated rings. The van der Waals surface area contributed by atoms with Crippen molar-refractivity contribution >= 4 is 21.9 Å². The molecule has 0 spiro atoms. The Labute approximate surface area is 130 Å². The molecule has 1 heterocycles. The fourth-order valence-corrected chi connectivity index (χ4v) is 3.99. The van der Waals surface area contributed by atoms with Crippen LogP contribution in [0.1, 0.15) is 43.0 Å². The minimum absolute atomic E-state index is 0.0755. The number of ether oxygens (including phenoxy) is 1. The van der Waals surface area contributed by atoms with Crippen LogP contribution in [0.3, 0.4) is 0 Å². The lowest BCUT2D eigenvalue weighted by Gasteiger charge is -2.14. The Morgan fingerprint density at radius 1 is 1.18 bits per heavy atom. The van der Waals surface area contributed by atoms with Crippen LogP contribution in [0.5, 0.6) is 0 Å². The topological polar surface area (TPSA) is 80.8 Å². The van der Waals surface area contributed by atoms with E-state index < -0.39 is 15.9 Å². The number of benzene rings is 1. The lowest BCUT2D eigenvalue weighted by atomic mass is 10.2. The van der Waals surface area contributed by atoms with Gasteiger partial charge in [-0.2, -0.15) is 0 Å². The molecule has 0 unspecified atom stereocenters. The molecule has 0 saturated heterocycles. The highest BCUT2D eigenvalue weighted by atomic mass is 32.2. The van der Waals surface area contributed by atoms with Crippen molar-refractivity contribution in [2.45, 2.75) is 37.5 Å². The first kappa shape index (κ1) is 16.5. The highest BCUT2D eigenvalue weighted by Crippen LogP contribution is 2.30. The number of nitrogens with zero attached hydrogens (tertiary/aromatic N) is 1. The van der Waals surface area contributed by atoms with Gasteiger partial charge in [0.2, 0.25) is 0 Å². The second-order valence-corrected chi connectivity index (χ2v) is 6.82. The molecular formula is C15H19NO5S. The van der Waals surface area contributed by atoms with Crippen LogP contribution in [0, 0.1) is 0 Å². The molecule has 0 atom stereocenters. The molecule has 1 aromatic carbocycles. The highest BCUT2D eigenvalue weighted by molar-refractivity contribution is 7.90. The van der Waals surface area contributed by atoms with Crippen molar-refractivity contribution in [3.05, 3.63) is 29.8 Å². The van der Waals surface area contributed by atoms with Crippen molar-refractivity contribution in [3.63, 3.8) is 0 Å². The van der Waals surface area contributed by atoms with Crippen LogP contribution >= 0.6 is 0 Å². The summed E-state index contributed by atoms with van der Waals surface area (Å²) in [6.45, 7) is 2.25. The number of hydrogen-bond acceptors (Lipinski definition) is 5. The normalized spacial score (nSPS) is 15.7. The molecule has 120 valence electrons. The fraction of sp³-hybridized carbons (Fsp3) is 0.467. The number of unbranched alkanes of at least 4 members (excludes halogenated alkanes) is 2. The molecule has 1 aliphatic heterocycles. The molecule has 7 heteroatoms. The third-order valence-corrected chi connectivity index (χ3v) is 5.30. The Hall–Kier alpha value is -1.89. The summed E-state index contributed by atoms with van der Waals surface area (Å²) in [6, 6.07) is 6.22. The SMILES string of the molecule is CCOC(=O)CCCCCN1C(=O)c2ccccc2S1(=O)=O. The molecular weight excluding hydrogens is 306 g/mol. The van der Waals surface area contributed by atoms with E-state index >= 15 is 0 Å². The molecule has 0 radical (unpaired) electrons. The molecule has 0 aliphatic carbocycles. The van der Waals surface area contributed by atoms with E-state index in [-0.39, 0.29) is 23.0 Å². The number of carbonyl (C=O) groups is 2. The van der Waals surface area contributed by atoms with Crippen molar-refractivity contribution in [1.29, 1.82) is 0 Å². The van der Waals surface area contributed by atoms with Crippen LogP contribution in [0.25, 0.3) is 0 Å². The summed E-state index contributed by atoms with van der Waals surface area (Å²) in [5, 5.41) is 0. The van der Waals surface area contributed by atoms with Gasteiger partial charge in [0.15, 0.2) is 0 Å². The van der Waals surface area contributed by atoms with Gasteiger partial charge in [0.05, 0.1) is 12.2 Å². The molecule has 1 amide bonds. The summed E-state index contributed by atoms with van der Waals surface area (Å²) < 4.78 is 30.3. The minimum atomic E-state index is -3.72. The number of amides is 1. The molecule has 0 bridgehead atoms. The minimum Gasteiger partial charge on any atom is -0.466 e. The van der Waals surface area contributed by atoms with Gasteiger partial charge in [0.25, 0.3) is 15.9 Å². The first-order valence-corrected chi connectivity index (χ1v) is 8.74. The molecule has 22 heavy (non-hydrogen) atoms. The van der Waals surface area contributed by atoms with Gasteiger partial charge in [-0.15, -0.1) is 0 Å². The second kappa shape index (κ2) is 6.91. The van der Waals surface area contributed by atoms with E-state index in [1.807, 2.05) is 0 Å². The van der Waals surface area contributed by atoms with Gasteiger partial charge in [-0.05, 0) is 31.9 Å². The molecule has 1 aliphatic rings. The molecule has 0 saturated carbocycles. The molecule has 1 aromatic rings. The van der Waals surface area contributed by atoms with Gasteiger partial charge in [0, 0.05) is 13.0 Å². The van der Waals surface area contributed by atoms with E-state index in [4.69, 9.17) is 4.74 Å². The summed E-state index contributed by atoms with van der Waals surface area (Å²) in [6.07, 6.45) is 2.12. The van der Waals surface area contributed by atoms with Crippen LogP contribution in [0.15, 0.2) is 29.2 Å².